The van der Waals surface area contributed by atoms with Crippen LogP contribution >= 0.6 is 11.6 Å². The summed E-state index contributed by atoms with van der Waals surface area (Å²) in [6.07, 6.45) is 4.17. The highest BCUT2D eigenvalue weighted by Gasteiger charge is 1.97. The molecule has 5 heteroatoms. The molecule has 0 radical (unpaired) electrons. The Morgan fingerprint density at radius 3 is 2.44 bits per heavy atom. The van der Waals surface area contributed by atoms with Crippen molar-refractivity contribution in [2.45, 2.75) is 6.42 Å². The molecule has 2 rings (SSSR count). The molecule has 0 saturated carbocycles. The first-order valence-electron chi connectivity index (χ1n) is 5.62. The van der Waals surface area contributed by atoms with E-state index in [4.69, 9.17) is 16.3 Å². The normalized spacial score (nSPS) is 10.1. The topological polar surface area (TPSA) is 47.0 Å². The third kappa shape index (κ3) is 3.60. The molecule has 0 aliphatic rings. The van der Waals surface area contributed by atoms with E-state index in [0.717, 1.165) is 18.0 Å². The molecule has 0 saturated heterocycles. The van der Waals surface area contributed by atoms with Crippen molar-refractivity contribution in [2.75, 3.05) is 19.0 Å². The first-order chi connectivity index (χ1) is 8.78. The van der Waals surface area contributed by atoms with Gasteiger partial charge in [0.1, 0.15) is 0 Å². The number of hydrogen-bond acceptors (Lipinski definition) is 4. The fraction of sp³-hybridized carbons (Fsp3) is 0.231. The second kappa shape index (κ2) is 6.21. The third-order valence-electron chi connectivity index (χ3n) is 2.47. The summed E-state index contributed by atoms with van der Waals surface area (Å²) in [4.78, 5) is 8.25. The number of nitrogens with zero attached hydrogens (tertiary/aromatic N) is 2. The van der Waals surface area contributed by atoms with Crippen LogP contribution in [-0.2, 0) is 6.42 Å². The molecule has 1 aromatic heterocycles. The van der Waals surface area contributed by atoms with E-state index in [-0.39, 0.29) is 0 Å². The molecule has 0 amide bonds. The minimum atomic E-state index is 0.602. The van der Waals surface area contributed by atoms with E-state index in [1.807, 2.05) is 24.3 Å². The maximum Gasteiger partial charge on any atom is 0.222 e. The van der Waals surface area contributed by atoms with Crippen molar-refractivity contribution in [1.82, 2.24) is 9.97 Å². The first-order valence-corrected chi connectivity index (χ1v) is 6.00. The van der Waals surface area contributed by atoms with Crippen LogP contribution in [0.15, 0.2) is 36.7 Å². The molecule has 1 heterocycles. The predicted octanol–water partition coefficient (Wildman–Crippen LogP) is 2.79. The lowest BCUT2D eigenvalue weighted by Gasteiger charge is -2.05. The largest absolute Gasteiger partial charge is 0.494 e. The molecule has 0 atom stereocenters. The van der Waals surface area contributed by atoms with Gasteiger partial charge in [0, 0.05) is 11.6 Å². The van der Waals surface area contributed by atoms with Crippen molar-refractivity contribution in [1.29, 1.82) is 0 Å². The predicted molar refractivity (Wildman–Crippen MR) is 72.2 cm³/mol. The van der Waals surface area contributed by atoms with Crippen LogP contribution in [0.5, 0.6) is 5.75 Å². The van der Waals surface area contributed by atoms with Gasteiger partial charge < -0.3 is 10.1 Å². The van der Waals surface area contributed by atoms with E-state index >= 15 is 0 Å². The Hall–Kier alpha value is -1.81. The average molecular weight is 264 g/mol. The molecule has 94 valence electrons. The van der Waals surface area contributed by atoms with Crippen LogP contribution in [0.3, 0.4) is 0 Å². The minimum absolute atomic E-state index is 0.602. The van der Waals surface area contributed by atoms with Crippen molar-refractivity contribution in [3.8, 4) is 5.75 Å². The summed E-state index contributed by atoms with van der Waals surface area (Å²) in [6, 6.07) is 7.80. The number of rotatable bonds is 5. The van der Waals surface area contributed by atoms with Gasteiger partial charge in [0.15, 0.2) is 5.75 Å². The lowest BCUT2D eigenvalue weighted by Crippen LogP contribution is -2.07. The van der Waals surface area contributed by atoms with Gasteiger partial charge in [0.2, 0.25) is 5.95 Å². The van der Waals surface area contributed by atoms with Crippen molar-refractivity contribution in [3.05, 3.63) is 47.2 Å². The summed E-state index contributed by atoms with van der Waals surface area (Å²) in [5.41, 5.74) is 1.22. The van der Waals surface area contributed by atoms with Crippen molar-refractivity contribution < 1.29 is 4.74 Å². The van der Waals surface area contributed by atoms with E-state index in [0.29, 0.717) is 11.7 Å². The van der Waals surface area contributed by atoms with Gasteiger partial charge in [0.05, 0.1) is 19.5 Å². The van der Waals surface area contributed by atoms with Gasteiger partial charge in [0.25, 0.3) is 0 Å². The number of anilines is 1. The summed E-state index contributed by atoms with van der Waals surface area (Å²) in [5, 5.41) is 3.90. The van der Waals surface area contributed by atoms with Crippen LogP contribution in [0.4, 0.5) is 5.95 Å². The number of nitrogens with one attached hydrogen (secondary N) is 1. The SMILES string of the molecule is COc1cnc(NCCc2ccc(Cl)cc2)nc1. The molecule has 2 aromatic rings. The summed E-state index contributed by atoms with van der Waals surface area (Å²) in [7, 11) is 1.59. The summed E-state index contributed by atoms with van der Waals surface area (Å²) >= 11 is 5.82. The number of aromatic nitrogens is 2. The first kappa shape index (κ1) is 12.6. The molecule has 0 aliphatic carbocycles. The van der Waals surface area contributed by atoms with Gasteiger partial charge in [-0.15, -0.1) is 0 Å². The lowest BCUT2D eigenvalue weighted by molar-refractivity contribution is 0.411. The molecule has 0 unspecified atom stereocenters. The standard InChI is InChI=1S/C13H14ClN3O/c1-18-12-8-16-13(17-9-12)15-7-6-10-2-4-11(14)5-3-10/h2-5,8-9H,6-7H2,1H3,(H,15,16,17). The molecular weight excluding hydrogens is 250 g/mol. The second-order valence-electron chi connectivity index (χ2n) is 3.75. The van der Waals surface area contributed by atoms with Crippen LogP contribution in [0, 0.1) is 0 Å². The van der Waals surface area contributed by atoms with Crippen LogP contribution in [-0.4, -0.2) is 23.6 Å². The maximum atomic E-state index is 5.82. The number of hydrogen-bond donors (Lipinski definition) is 1. The fourth-order valence-electron chi connectivity index (χ4n) is 1.48. The zero-order chi connectivity index (χ0) is 12.8. The van der Waals surface area contributed by atoms with Crippen molar-refractivity contribution >= 4 is 17.5 Å². The van der Waals surface area contributed by atoms with E-state index in [1.165, 1.54) is 5.56 Å². The molecule has 18 heavy (non-hydrogen) atoms. The zero-order valence-corrected chi connectivity index (χ0v) is 10.8. The zero-order valence-electron chi connectivity index (χ0n) is 10.1. The van der Waals surface area contributed by atoms with Crippen LogP contribution < -0.4 is 10.1 Å². The van der Waals surface area contributed by atoms with Gasteiger partial charge in [-0.3, -0.25) is 0 Å². The van der Waals surface area contributed by atoms with Crippen molar-refractivity contribution in [2.24, 2.45) is 0 Å². The highest BCUT2D eigenvalue weighted by molar-refractivity contribution is 6.30. The Morgan fingerprint density at radius 2 is 1.83 bits per heavy atom. The van der Waals surface area contributed by atoms with Gasteiger partial charge in [-0.05, 0) is 24.1 Å². The third-order valence-corrected chi connectivity index (χ3v) is 2.73. The Bertz CT molecular complexity index is 485. The Kier molecular flexibility index (Phi) is 4.36. The van der Waals surface area contributed by atoms with Crippen LogP contribution in [0.2, 0.25) is 5.02 Å². The van der Waals surface area contributed by atoms with E-state index in [2.05, 4.69) is 15.3 Å². The van der Waals surface area contributed by atoms with E-state index in [1.54, 1.807) is 19.5 Å². The summed E-state index contributed by atoms with van der Waals surface area (Å²) < 4.78 is 4.99. The number of halogens is 1. The molecule has 0 spiro atoms. The highest BCUT2D eigenvalue weighted by atomic mass is 35.5. The average Bonchev–Trinajstić information content (AvgIpc) is 2.42. The van der Waals surface area contributed by atoms with Gasteiger partial charge >= 0.3 is 0 Å². The second-order valence-corrected chi connectivity index (χ2v) is 4.19. The Labute approximate surface area is 111 Å². The molecule has 0 bridgehead atoms. The van der Waals surface area contributed by atoms with Gasteiger partial charge in [-0.2, -0.15) is 0 Å². The number of methoxy groups -OCH3 is 1. The number of benzene rings is 1. The molecule has 4 nitrogen and oxygen atoms in total. The lowest BCUT2D eigenvalue weighted by atomic mass is 10.1. The summed E-state index contributed by atoms with van der Waals surface area (Å²) in [6.45, 7) is 0.772. The van der Waals surface area contributed by atoms with Crippen molar-refractivity contribution in [3.63, 3.8) is 0 Å². The molecule has 0 aliphatic heterocycles. The molecule has 0 fully saturated rings. The summed E-state index contributed by atoms with van der Waals surface area (Å²) in [5.74, 6) is 1.25. The van der Waals surface area contributed by atoms with E-state index < -0.39 is 0 Å². The van der Waals surface area contributed by atoms with Gasteiger partial charge in [-0.25, -0.2) is 9.97 Å². The van der Waals surface area contributed by atoms with Crippen LogP contribution in [0.1, 0.15) is 5.56 Å². The number of ether oxygens (including phenoxy) is 1. The Morgan fingerprint density at radius 1 is 1.17 bits per heavy atom. The minimum Gasteiger partial charge on any atom is -0.494 e. The highest BCUT2D eigenvalue weighted by Crippen LogP contribution is 2.10. The Balaban J connectivity index is 1.82. The van der Waals surface area contributed by atoms with E-state index in [9.17, 15) is 0 Å². The fourth-order valence-corrected chi connectivity index (χ4v) is 1.61. The molecule has 1 N–H and O–H groups in total. The van der Waals surface area contributed by atoms with Gasteiger partial charge in [-0.1, -0.05) is 23.7 Å². The maximum absolute atomic E-state index is 5.82. The molecular formula is C13H14ClN3O. The smallest absolute Gasteiger partial charge is 0.222 e. The van der Waals surface area contributed by atoms with Crippen LogP contribution in [0.25, 0.3) is 0 Å². The monoisotopic (exact) mass is 263 g/mol. The quantitative estimate of drug-likeness (QED) is 0.901. The molecule has 1 aromatic carbocycles.